The largest absolute Gasteiger partial charge is 0.353 e. The molecular weight excluding hydrogens is 384 g/mol. The van der Waals surface area contributed by atoms with Crippen molar-refractivity contribution in [3.63, 3.8) is 0 Å². The summed E-state index contributed by atoms with van der Waals surface area (Å²) in [4.78, 5) is 39.7. The minimum atomic E-state index is -0.216. The number of hydrogen-bond acceptors (Lipinski definition) is 7. The molecule has 2 aliphatic heterocycles. The van der Waals surface area contributed by atoms with E-state index in [9.17, 15) is 9.59 Å². The molecule has 9 nitrogen and oxygen atoms in total. The lowest BCUT2D eigenvalue weighted by Gasteiger charge is -2.36. The molecule has 0 aromatic carbocycles. The molecule has 2 amide bonds. The maximum absolute atomic E-state index is 12.9. The number of carbonyl (C=O) groups excluding carboxylic acids is 2. The minimum absolute atomic E-state index is 0.0823. The third-order valence-electron chi connectivity index (χ3n) is 5.82. The first-order chi connectivity index (χ1) is 14.5. The number of likely N-dealkylation sites (tertiary alicyclic amines) is 1. The van der Waals surface area contributed by atoms with Crippen molar-refractivity contribution in [3.05, 3.63) is 24.2 Å². The van der Waals surface area contributed by atoms with Crippen molar-refractivity contribution < 1.29 is 14.1 Å². The summed E-state index contributed by atoms with van der Waals surface area (Å²) >= 11 is 0. The predicted octanol–water partition coefficient (Wildman–Crippen LogP) is 1.60. The molecule has 0 spiro atoms. The Labute approximate surface area is 176 Å². The van der Waals surface area contributed by atoms with Gasteiger partial charge in [-0.3, -0.25) is 9.59 Å². The lowest BCUT2D eigenvalue weighted by molar-refractivity contribution is -0.136. The van der Waals surface area contributed by atoms with Crippen molar-refractivity contribution in [1.29, 1.82) is 0 Å². The summed E-state index contributed by atoms with van der Waals surface area (Å²) in [5.74, 6) is 1.98. The molecule has 0 aliphatic carbocycles. The van der Waals surface area contributed by atoms with Gasteiger partial charge in [0.1, 0.15) is 5.82 Å². The van der Waals surface area contributed by atoms with Crippen LogP contribution >= 0.6 is 0 Å². The van der Waals surface area contributed by atoms with Crippen LogP contribution < -0.4 is 4.90 Å². The molecule has 2 aromatic rings. The molecule has 0 saturated carbocycles. The second-order valence-electron chi connectivity index (χ2n) is 8.12. The van der Waals surface area contributed by atoms with Crippen molar-refractivity contribution in [1.82, 2.24) is 24.9 Å². The second-order valence-corrected chi connectivity index (χ2v) is 8.12. The van der Waals surface area contributed by atoms with E-state index in [0.29, 0.717) is 44.2 Å². The van der Waals surface area contributed by atoms with Gasteiger partial charge in [0.25, 0.3) is 0 Å². The van der Waals surface area contributed by atoms with E-state index in [-0.39, 0.29) is 23.8 Å². The number of nitrogens with zero attached hydrogens (tertiary/aromatic N) is 6. The van der Waals surface area contributed by atoms with Crippen molar-refractivity contribution in [2.75, 3.05) is 37.6 Å². The molecule has 4 heterocycles. The fourth-order valence-electron chi connectivity index (χ4n) is 4.03. The molecule has 2 fully saturated rings. The highest BCUT2D eigenvalue weighted by Gasteiger charge is 2.38. The first-order valence-corrected chi connectivity index (χ1v) is 10.6. The molecule has 160 valence electrons. The quantitative estimate of drug-likeness (QED) is 0.736. The maximum atomic E-state index is 12.9. The number of pyridine rings is 1. The number of carbonyl (C=O) groups is 2. The van der Waals surface area contributed by atoms with Crippen molar-refractivity contribution in [2.45, 2.75) is 39.7 Å². The summed E-state index contributed by atoms with van der Waals surface area (Å²) in [6.07, 6.45) is 2.78. The van der Waals surface area contributed by atoms with Crippen LogP contribution in [0.15, 0.2) is 22.9 Å². The Kier molecular flexibility index (Phi) is 5.69. The highest BCUT2D eigenvalue weighted by Crippen LogP contribution is 2.24. The number of anilines is 1. The number of amides is 2. The first-order valence-electron chi connectivity index (χ1n) is 10.6. The fraction of sp³-hybridized carbons (Fsp3) is 0.571. The van der Waals surface area contributed by atoms with Gasteiger partial charge in [-0.15, -0.1) is 0 Å². The molecule has 2 saturated heterocycles. The van der Waals surface area contributed by atoms with Crippen LogP contribution in [0, 0.1) is 5.92 Å². The molecule has 4 rings (SSSR count). The van der Waals surface area contributed by atoms with E-state index >= 15 is 0 Å². The summed E-state index contributed by atoms with van der Waals surface area (Å²) in [5.41, 5.74) is 0.816. The minimum Gasteiger partial charge on any atom is -0.353 e. The predicted molar refractivity (Wildman–Crippen MR) is 111 cm³/mol. The average Bonchev–Trinajstić information content (AvgIpc) is 3.40. The van der Waals surface area contributed by atoms with Gasteiger partial charge in [0.05, 0.1) is 5.92 Å². The lowest BCUT2D eigenvalue weighted by Crippen LogP contribution is -2.51. The first kappa shape index (κ1) is 20.3. The van der Waals surface area contributed by atoms with E-state index in [0.717, 1.165) is 24.5 Å². The monoisotopic (exact) mass is 412 g/mol. The van der Waals surface area contributed by atoms with Crippen LogP contribution in [0.3, 0.4) is 0 Å². The SMILES string of the molecule is CCc1nc(-c2ccc(N3CCN(C(=O)C4CC(=O)N(C(C)C)C4)CC3)nc2)no1. The van der Waals surface area contributed by atoms with Crippen LogP contribution in [0.5, 0.6) is 0 Å². The Balaban J connectivity index is 1.33. The summed E-state index contributed by atoms with van der Waals surface area (Å²) in [5, 5.41) is 3.98. The molecule has 0 bridgehead atoms. The van der Waals surface area contributed by atoms with Gasteiger partial charge in [-0.25, -0.2) is 4.98 Å². The van der Waals surface area contributed by atoms with Crippen LogP contribution in [0.4, 0.5) is 5.82 Å². The van der Waals surface area contributed by atoms with Crippen LogP contribution in [-0.2, 0) is 16.0 Å². The summed E-state index contributed by atoms with van der Waals surface area (Å²) < 4.78 is 5.16. The van der Waals surface area contributed by atoms with Crippen LogP contribution in [0.2, 0.25) is 0 Å². The van der Waals surface area contributed by atoms with E-state index < -0.39 is 0 Å². The smallest absolute Gasteiger partial charge is 0.228 e. The number of hydrogen-bond donors (Lipinski definition) is 0. The normalized spacial score (nSPS) is 19.8. The summed E-state index contributed by atoms with van der Waals surface area (Å²) in [6.45, 7) is 9.19. The van der Waals surface area contributed by atoms with Gasteiger partial charge in [0, 0.05) is 63.4 Å². The van der Waals surface area contributed by atoms with Gasteiger partial charge in [0.2, 0.25) is 23.5 Å². The highest BCUT2D eigenvalue weighted by atomic mass is 16.5. The number of aryl methyl sites for hydroxylation is 1. The summed E-state index contributed by atoms with van der Waals surface area (Å²) in [7, 11) is 0. The Morgan fingerprint density at radius 1 is 1.23 bits per heavy atom. The molecule has 30 heavy (non-hydrogen) atoms. The van der Waals surface area contributed by atoms with E-state index in [1.165, 1.54) is 0 Å². The highest BCUT2D eigenvalue weighted by molar-refractivity contribution is 5.89. The topological polar surface area (TPSA) is 95.7 Å². The Morgan fingerprint density at radius 2 is 2.00 bits per heavy atom. The third kappa shape index (κ3) is 4.01. The van der Waals surface area contributed by atoms with Gasteiger partial charge in [-0.05, 0) is 26.0 Å². The second kappa shape index (κ2) is 8.41. The van der Waals surface area contributed by atoms with Crippen LogP contribution in [0.1, 0.15) is 33.1 Å². The molecule has 2 aromatic heterocycles. The van der Waals surface area contributed by atoms with Gasteiger partial charge in [-0.1, -0.05) is 12.1 Å². The van der Waals surface area contributed by atoms with E-state index in [1.807, 2.05) is 37.8 Å². The Morgan fingerprint density at radius 3 is 2.57 bits per heavy atom. The number of aromatic nitrogens is 3. The van der Waals surface area contributed by atoms with Crippen LogP contribution in [-0.4, -0.2) is 75.5 Å². The van der Waals surface area contributed by atoms with Crippen molar-refractivity contribution >= 4 is 17.6 Å². The van der Waals surface area contributed by atoms with E-state index in [2.05, 4.69) is 20.0 Å². The molecule has 1 atom stereocenters. The average molecular weight is 412 g/mol. The molecule has 9 heteroatoms. The van der Waals surface area contributed by atoms with Crippen molar-refractivity contribution in [3.8, 4) is 11.4 Å². The van der Waals surface area contributed by atoms with Crippen LogP contribution in [0.25, 0.3) is 11.4 Å². The maximum Gasteiger partial charge on any atom is 0.228 e. The van der Waals surface area contributed by atoms with Gasteiger partial charge in [-0.2, -0.15) is 4.98 Å². The molecule has 0 N–H and O–H groups in total. The lowest BCUT2D eigenvalue weighted by atomic mass is 10.1. The number of piperazine rings is 1. The fourth-order valence-corrected chi connectivity index (χ4v) is 4.03. The van der Waals surface area contributed by atoms with E-state index in [1.54, 1.807) is 11.1 Å². The molecule has 2 aliphatic rings. The molecule has 0 radical (unpaired) electrons. The van der Waals surface area contributed by atoms with Gasteiger partial charge in [0.15, 0.2) is 0 Å². The Bertz CT molecular complexity index is 902. The van der Waals surface area contributed by atoms with Gasteiger partial charge < -0.3 is 19.2 Å². The summed E-state index contributed by atoms with van der Waals surface area (Å²) in [6, 6.07) is 4.03. The number of rotatable bonds is 5. The third-order valence-corrected chi connectivity index (χ3v) is 5.82. The standard InChI is InChI=1S/C21H28N6O3/c1-4-18-23-20(24-30-18)15-5-6-17(22-12-15)25-7-9-26(10-8-25)21(29)16-11-19(28)27(13-16)14(2)3/h5-6,12,14,16H,4,7-11,13H2,1-3H3. The Hall–Kier alpha value is -2.97. The zero-order valence-corrected chi connectivity index (χ0v) is 17.7. The van der Waals surface area contributed by atoms with E-state index in [4.69, 9.17) is 4.52 Å². The van der Waals surface area contributed by atoms with Gasteiger partial charge >= 0.3 is 0 Å². The molecule has 1 unspecified atom stereocenters. The zero-order chi connectivity index (χ0) is 21.3. The molecular formula is C21H28N6O3. The zero-order valence-electron chi connectivity index (χ0n) is 17.7. The van der Waals surface area contributed by atoms with Crippen molar-refractivity contribution in [2.24, 2.45) is 5.92 Å².